The van der Waals surface area contributed by atoms with Crippen molar-refractivity contribution in [3.63, 3.8) is 0 Å². The molecule has 1 heterocycles. The number of morpholine rings is 1. The first-order valence-corrected chi connectivity index (χ1v) is 6.74. The minimum absolute atomic E-state index is 0.127. The van der Waals surface area contributed by atoms with Gasteiger partial charge in [0.25, 0.3) is 0 Å². The SMILES string of the molecule is O=C(C(Cl)c1ccc(Cl)c(Cl)c1)N1CCOCC1. The zero-order chi connectivity index (χ0) is 13.1. The highest BCUT2D eigenvalue weighted by Crippen LogP contribution is 2.29. The number of hydrogen-bond donors (Lipinski definition) is 0. The van der Waals surface area contributed by atoms with E-state index in [1.54, 1.807) is 23.1 Å². The molecule has 0 bridgehead atoms. The van der Waals surface area contributed by atoms with Crippen LogP contribution in [-0.4, -0.2) is 37.1 Å². The third-order valence-electron chi connectivity index (χ3n) is 2.78. The van der Waals surface area contributed by atoms with Crippen LogP contribution in [-0.2, 0) is 9.53 Å². The molecule has 1 aliphatic rings. The fourth-order valence-electron chi connectivity index (χ4n) is 1.76. The zero-order valence-electron chi connectivity index (χ0n) is 9.54. The topological polar surface area (TPSA) is 29.5 Å². The number of carbonyl (C=O) groups excluding carboxylic acids is 1. The van der Waals surface area contributed by atoms with Crippen molar-refractivity contribution in [3.05, 3.63) is 33.8 Å². The number of amides is 1. The second-order valence-electron chi connectivity index (χ2n) is 3.97. The van der Waals surface area contributed by atoms with Crippen LogP contribution in [0.15, 0.2) is 18.2 Å². The minimum atomic E-state index is -0.738. The summed E-state index contributed by atoms with van der Waals surface area (Å²) in [4.78, 5) is 13.9. The molecule has 0 N–H and O–H groups in total. The Hall–Kier alpha value is -0.480. The predicted octanol–water partition coefficient (Wildman–Crippen LogP) is 3.13. The van der Waals surface area contributed by atoms with Crippen LogP contribution in [0.4, 0.5) is 0 Å². The van der Waals surface area contributed by atoms with E-state index in [1.807, 2.05) is 0 Å². The third kappa shape index (κ3) is 3.09. The Labute approximate surface area is 121 Å². The Morgan fingerprint density at radius 1 is 1.22 bits per heavy atom. The van der Waals surface area contributed by atoms with Crippen LogP contribution in [0.3, 0.4) is 0 Å². The monoisotopic (exact) mass is 307 g/mol. The molecule has 1 aromatic rings. The summed E-state index contributed by atoms with van der Waals surface area (Å²) >= 11 is 17.9. The predicted molar refractivity (Wildman–Crippen MR) is 72.5 cm³/mol. The molecule has 18 heavy (non-hydrogen) atoms. The fraction of sp³-hybridized carbons (Fsp3) is 0.417. The highest BCUT2D eigenvalue weighted by molar-refractivity contribution is 6.42. The number of nitrogens with zero attached hydrogens (tertiary/aromatic N) is 1. The molecule has 3 nitrogen and oxygen atoms in total. The Morgan fingerprint density at radius 2 is 1.89 bits per heavy atom. The van der Waals surface area contributed by atoms with Crippen molar-refractivity contribution in [1.29, 1.82) is 0 Å². The lowest BCUT2D eigenvalue weighted by molar-refractivity contribution is -0.134. The first kappa shape index (κ1) is 13.9. The number of carbonyl (C=O) groups is 1. The van der Waals surface area contributed by atoms with Gasteiger partial charge in [-0.2, -0.15) is 0 Å². The van der Waals surface area contributed by atoms with Gasteiger partial charge in [-0.15, -0.1) is 11.6 Å². The van der Waals surface area contributed by atoms with E-state index in [1.165, 1.54) is 0 Å². The van der Waals surface area contributed by atoms with Crippen molar-refractivity contribution in [2.75, 3.05) is 26.3 Å². The normalized spacial score (nSPS) is 17.6. The average Bonchev–Trinajstić information content (AvgIpc) is 2.41. The van der Waals surface area contributed by atoms with Crippen molar-refractivity contribution in [3.8, 4) is 0 Å². The van der Waals surface area contributed by atoms with Crippen molar-refractivity contribution in [1.82, 2.24) is 4.90 Å². The van der Waals surface area contributed by atoms with Gasteiger partial charge in [0.05, 0.1) is 23.3 Å². The van der Waals surface area contributed by atoms with E-state index in [-0.39, 0.29) is 5.91 Å². The highest BCUT2D eigenvalue weighted by atomic mass is 35.5. The van der Waals surface area contributed by atoms with Crippen LogP contribution in [0.5, 0.6) is 0 Å². The summed E-state index contributed by atoms with van der Waals surface area (Å²) < 4.78 is 5.19. The molecule has 2 rings (SSSR count). The van der Waals surface area contributed by atoms with Gasteiger partial charge in [0.15, 0.2) is 0 Å². The molecular formula is C12H12Cl3NO2. The standard InChI is InChI=1S/C12H12Cl3NO2/c13-9-2-1-8(7-10(9)14)11(15)12(17)16-3-5-18-6-4-16/h1-2,7,11H,3-6H2. The summed E-state index contributed by atoms with van der Waals surface area (Å²) in [5.74, 6) is -0.127. The minimum Gasteiger partial charge on any atom is -0.378 e. The molecule has 98 valence electrons. The Kier molecular flexibility index (Phi) is 4.73. The van der Waals surface area contributed by atoms with Gasteiger partial charge >= 0.3 is 0 Å². The van der Waals surface area contributed by atoms with E-state index in [4.69, 9.17) is 39.5 Å². The van der Waals surface area contributed by atoms with E-state index >= 15 is 0 Å². The van der Waals surface area contributed by atoms with Crippen LogP contribution in [0.2, 0.25) is 10.0 Å². The van der Waals surface area contributed by atoms with Crippen LogP contribution in [0.25, 0.3) is 0 Å². The maximum atomic E-state index is 12.2. The highest BCUT2D eigenvalue weighted by Gasteiger charge is 2.25. The molecule has 0 aromatic heterocycles. The summed E-state index contributed by atoms with van der Waals surface area (Å²) in [5.41, 5.74) is 0.655. The Balaban J connectivity index is 2.11. The first-order valence-electron chi connectivity index (χ1n) is 5.55. The molecule has 1 aromatic carbocycles. The van der Waals surface area contributed by atoms with Crippen molar-refractivity contribution in [2.45, 2.75) is 5.38 Å². The number of benzene rings is 1. The quantitative estimate of drug-likeness (QED) is 0.786. The van der Waals surface area contributed by atoms with Gasteiger partial charge in [0, 0.05) is 13.1 Å². The summed E-state index contributed by atoms with van der Waals surface area (Å²) in [5, 5.41) is 0.107. The van der Waals surface area contributed by atoms with E-state index < -0.39 is 5.38 Å². The molecule has 0 spiro atoms. The second-order valence-corrected chi connectivity index (χ2v) is 5.22. The summed E-state index contributed by atoms with van der Waals surface area (Å²) in [6.45, 7) is 2.25. The Morgan fingerprint density at radius 3 is 2.50 bits per heavy atom. The summed E-state index contributed by atoms with van der Waals surface area (Å²) in [6.07, 6.45) is 0. The molecule has 1 unspecified atom stereocenters. The molecule has 1 fully saturated rings. The lowest BCUT2D eigenvalue weighted by atomic mass is 10.1. The van der Waals surface area contributed by atoms with Gasteiger partial charge in [-0.1, -0.05) is 29.3 Å². The number of halogens is 3. The van der Waals surface area contributed by atoms with Gasteiger partial charge in [-0.3, -0.25) is 4.79 Å². The van der Waals surface area contributed by atoms with Crippen molar-refractivity contribution >= 4 is 40.7 Å². The molecule has 6 heteroatoms. The van der Waals surface area contributed by atoms with Crippen LogP contribution >= 0.6 is 34.8 Å². The molecule has 1 saturated heterocycles. The van der Waals surface area contributed by atoms with Gasteiger partial charge in [-0.25, -0.2) is 0 Å². The van der Waals surface area contributed by atoms with E-state index in [0.29, 0.717) is 41.9 Å². The fourth-order valence-corrected chi connectivity index (χ4v) is 2.34. The second kappa shape index (κ2) is 6.11. The maximum Gasteiger partial charge on any atom is 0.245 e. The molecule has 1 amide bonds. The molecule has 0 radical (unpaired) electrons. The Bertz CT molecular complexity index is 447. The van der Waals surface area contributed by atoms with Crippen LogP contribution < -0.4 is 0 Å². The number of rotatable bonds is 2. The van der Waals surface area contributed by atoms with Crippen molar-refractivity contribution in [2.24, 2.45) is 0 Å². The average molecular weight is 309 g/mol. The molecule has 1 atom stereocenters. The van der Waals surface area contributed by atoms with Gasteiger partial charge in [0.1, 0.15) is 5.38 Å². The lowest BCUT2D eigenvalue weighted by Gasteiger charge is -2.28. The van der Waals surface area contributed by atoms with E-state index in [0.717, 1.165) is 0 Å². The molecule has 0 saturated carbocycles. The van der Waals surface area contributed by atoms with Crippen LogP contribution in [0, 0.1) is 0 Å². The summed E-state index contributed by atoms with van der Waals surface area (Å²) in [7, 11) is 0. The lowest BCUT2D eigenvalue weighted by Crippen LogP contribution is -2.42. The van der Waals surface area contributed by atoms with Gasteiger partial charge in [0.2, 0.25) is 5.91 Å². The largest absolute Gasteiger partial charge is 0.378 e. The van der Waals surface area contributed by atoms with E-state index in [9.17, 15) is 4.79 Å². The zero-order valence-corrected chi connectivity index (χ0v) is 11.8. The number of hydrogen-bond acceptors (Lipinski definition) is 2. The van der Waals surface area contributed by atoms with Gasteiger partial charge < -0.3 is 9.64 Å². The third-order valence-corrected chi connectivity index (χ3v) is 3.95. The van der Waals surface area contributed by atoms with Gasteiger partial charge in [-0.05, 0) is 17.7 Å². The van der Waals surface area contributed by atoms with Crippen molar-refractivity contribution < 1.29 is 9.53 Å². The van der Waals surface area contributed by atoms with E-state index in [2.05, 4.69) is 0 Å². The number of alkyl halides is 1. The molecular weight excluding hydrogens is 296 g/mol. The van der Waals surface area contributed by atoms with Crippen LogP contribution in [0.1, 0.15) is 10.9 Å². The molecule has 1 aliphatic heterocycles. The number of ether oxygens (including phenoxy) is 1. The smallest absolute Gasteiger partial charge is 0.245 e. The summed E-state index contributed by atoms with van der Waals surface area (Å²) in [6, 6.07) is 4.98. The molecule has 0 aliphatic carbocycles. The first-order chi connectivity index (χ1) is 8.59. The maximum absolute atomic E-state index is 12.2.